The zero-order valence-corrected chi connectivity index (χ0v) is 16.4. The fraction of sp³-hybridized carbons (Fsp3) is 0.435. The summed E-state index contributed by atoms with van der Waals surface area (Å²) in [5, 5.41) is 19.3. The van der Waals surface area contributed by atoms with E-state index < -0.39 is 12.1 Å². The standard InChI is InChI=1S/C23H27NO5/c25-19(16-28-20-7-5-18(6-8-20)22(26)27)15-24-13-11-23(12-14-24)10-9-17-3-1-2-4-21(17)29-23/h1-8,19,25H,9-16H2,(H,26,27). The molecule has 1 unspecified atom stereocenters. The number of aliphatic hydroxyl groups excluding tert-OH is 1. The first-order chi connectivity index (χ1) is 14.0. The molecule has 2 aliphatic rings. The van der Waals surface area contributed by atoms with Gasteiger partial charge in [-0.05, 0) is 61.6 Å². The molecule has 6 heteroatoms. The van der Waals surface area contributed by atoms with E-state index in [0.29, 0.717) is 12.3 Å². The SMILES string of the molecule is O=C(O)c1ccc(OCC(O)CN2CCC3(CCc4ccccc4O3)CC2)cc1. The van der Waals surface area contributed by atoms with Crippen LogP contribution in [0.5, 0.6) is 11.5 Å². The number of ether oxygens (including phenoxy) is 2. The maximum absolute atomic E-state index is 10.9. The summed E-state index contributed by atoms with van der Waals surface area (Å²) in [5.74, 6) is 0.611. The number of aryl methyl sites for hydroxylation is 1. The lowest BCUT2D eigenvalue weighted by atomic mass is 9.83. The summed E-state index contributed by atoms with van der Waals surface area (Å²) in [4.78, 5) is 13.1. The number of rotatable bonds is 6. The molecule has 0 aliphatic carbocycles. The number of β-amino-alcohol motifs (C(OH)–C–C–N with tert-alkyl or cyclic N) is 1. The number of piperidine rings is 1. The molecular formula is C23H27NO5. The molecular weight excluding hydrogens is 370 g/mol. The Kier molecular flexibility index (Phi) is 5.74. The summed E-state index contributed by atoms with van der Waals surface area (Å²) in [5.41, 5.74) is 1.44. The van der Waals surface area contributed by atoms with Crippen LogP contribution in [0.1, 0.15) is 35.2 Å². The van der Waals surface area contributed by atoms with Gasteiger partial charge in [0.05, 0.1) is 5.56 Å². The van der Waals surface area contributed by atoms with Gasteiger partial charge in [-0.3, -0.25) is 0 Å². The molecule has 2 aromatic carbocycles. The monoisotopic (exact) mass is 397 g/mol. The predicted octanol–water partition coefficient (Wildman–Crippen LogP) is 2.98. The molecule has 2 aliphatic heterocycles. The Balaban J connectivity index is 1.23. The highest BCUT2D eigenvalue weighted by molar-refractivity contribution is 5.87. The van der Waals surface area contributed by atoms with Crippen LogP contribution >= 0.6 is 0 Å². The van der Waals surface area contributed by atoms with E-state index in [9.17, 15) is 9.90 Å². The largest absolute Gasteiger partial charge is 0.491 e. The van der Waals surface area contributed by atoms with Gasteiger partial charge in [0.25, 0.3) is 0 Å². The first-order valence-electron chi connectivity index (χ1n) is 10.2. The van der Waals surface area contributed by atoms with Gasteiger partial charge >= 0.3 is 5.97 Å². The van der Waals surface area contributed by atoms with E-state index in [1.165, 1.54) is 17.7 Å². The van der Waals surface area contributed by atoms with Crippen LogP contribution in [0.25, 0.3) is 0 Å². The molecule has 0 amide bonds. The molecule has 6 nitrogen and oxygen atoms in total. The van der Waals surface area contributed by atoms with E-state index >= 15 is 0 Å². The molecule has 2 heterocycles. The fourth-order valence-electron chi connectivity index (χ4n) is 4.19. The molecule has 0 saturated carbocycles. The van der Waals surface area contributed by atoms with Gasteiger partial charge in [0.1, 0.15) is 29.8 Å². The average molecular weight is 397 g/mol. The van der Waals surface area contributed by atoms with Crippen LogP contribution in [-0.2, 0) is 6.42 Å². The minimum absolute atomic E-state index is 0.0712. The summed E-state index contributed by atoms with van der Waals surface area (Å²) in [7, 11) is 0. The van der Waals surface area contributed by atoms with Crippen molar-refractivity contribution in [2.24, 2.45) is 0 Å². The van der Waals surface area contributed by atoms with Crippen LogP contribution in [-0.4, -0.2) is 59.0 Å². The lowest BCUT2D eigenvalue weighted by Gasteiger charge is -2.45. The number of carboxylic acids is 1. The topological polar surface area (TPSA) is 79.2 Å². The molecule has 154 valence electrons. The number of benzene rings is 2. The van der Waals surface area contributed by atoms with Crippen molar-refractivity contribution < 1.29 is 24.5 Å². The number of nitrogens with zero attached hydrogens (tertiary/aromatic N) is 1. The predicted molar refractivity (Wildman–Crippen MR) is 109 cm³/mol. The Bertz CT molecular complexity index is 843. The summed E-state index contributed by atoms with van der Waals surface area (Å²) >= 11 is 0. The van der Waals surface area contributed by atoms with Crippen molar-refractivity contribution in [1.29, 1.82) is 0 Å². The summed E-state index contributed by atoms with van der Waals surface area (Å²) < 4.78 is 12.0. The molecule has 29 heavy (non-hydrogen) atoms. The first kappa shape index (κ1) is 19.7. The van der Waals surface area contributed by atoms with Crippen molar-refractivity contribution in [3.63, 3.8) is 0 Å². The number of fused-ring (bicyclic) bond motifs is 1. The summed E-state index contributed by atoms with van der Waals surface area (Å²) in [6, 6.07) is 14.5. The Morgan fingerprint density at radius 2 is 1.83 bits per heavy atom. The molecule has 2 aromatic rings. The van der Waals surface area contributed by atoms with Crippen LogP contribution < -0.4 is 9.47 Å². The molecule has 1 atom stereocenters. The zero-order valence-electron chi connectivity index (χ0n) is 16.4. The number of carboxylic acid groups (broad SMARTS) is 1. The third kappa shape index (κ3) is 4.71. The van der Waals surface area contributed by atoms with Gasteiger partial charge in [-0.2, -0.15) is 0 Å². The van der Waals surface area contributed by atoms with Crippen LogP contribution in [0.4, 0.5) is 0 Å². The van der Waals surface area contributed by atoms with Crippen molar-refractivity contribution in [3.05, 3.63) is 59.7 Å². The van der Waals surface area contributed by atoms with Crippen LogP contribution in [0.3, 0.4) is 0 Å². The zero-order chi connectivity index (χ0) is 20.3. The number of para-hydroxylation sites is 1. The van der Waals surface area contributed by atoms with Crippen LogP contribution in [0, 0.1) is 0 Å². The van der Waals surface area contributed by atoms with Crippen molar-refractivity contribution >= 4 is 5.97 Å². The van der Waals surface area contributed by atoms with E-state index in [-0.39, 0.29) is 17.8 Å². The maximum Gasteiger partial charge on any atom is 0.335 e. The number of carbonyl (C=O) groups is 1. The molecule has 4 rings (SSSR count). The van der Waals surface area contributed by atoms with E-state index in [0.717, 1.165) is 44.5 Å². The molecule has 2 N–H and O–H groups in total. The molecule has 1 spiro atoms. The van der Waals surface area contributed by atoms with Crippen LogP contribution in [0.2, 0.25) is 0 Å². The number of hydrogen-bond donors (Lipinski definition) is 2. The summed E-state index contributed by atoms with van der Waals surface area (Å²) in [6.07, 6.45) is 3.44. The van der Waals surface area contributed by atoms with Crippen molar-refractivity contribution in [1.82, 2.24) is 4.90 Å². The fourth-order valence-corrected chi connectivity index (χ4v) is 4.19. The second-order valence-corrected chi connectivity index (χ2v) is 7.99. The van der Waals surface area contributed by atoms with Gasteiger partial charge in [-0.15, -0.1) is 0 Å². The van der Waals surface area contributed by atoms with Gasteiger partial charge in [-0.1, -0.05) is 18.2 Å². The second kappa shape index (κ2) is 8.43. The van der Waals surface area contributed by atoms with Crippen LogP contribution in [0.15, 0.2) is 48.5 Å². The van der Waals surface area contributed by atoms with E-state index in [1.807, 2.05) is 6.07 Å². The highest BCUT2D eigenvalue weighted by atomic mass is 16.5. The molecule has 0 radical (unpaired) electrons. The smallest absolute Gasteiger partial charge is 0.335 e. The van der Waals surface area contributed by atoms with Gasteiger partial charge in [0.2, 0.25) is 0 Å². The van der Waals surface area contributed by atoms with Gasteiger partial charge < -0.3 is 24.6 Å². The summed E-state index contributed by atoms with van der Waals surface area (Å²) in [6.45, 7) is 2.52. The van der Waals surface area contributed by atoms with E-state index in [4.69, 9.17) is 14.6 Å². The molecule has 0 bridgehead atoms. The van der Waals surface area contributed by atoms with E-state index in [1.54, 1.807) is 12.1 Å². The van der Waals surface area contributed by atoms with Gasteiger partial charge in [-0.25, -0.2) is 4.79 Å². The number of hydrogen-bond acceptors (Lipinski definition) is 5. The number of likely N-dealkylation sites (tertiary alicyclic amines) is 1. The minimum Gasteiger partial charge on any atom is -0.491 e. The Labute approximate surface area is 170 Å². The lowest BCUT2D eigenvalue weighted by molar-refractivity contribution is -0.0271. The number of aromatic carboxylic acids is 1. The van der Waals surface area contributed by atoms with Gasteiger partial charge in [0, 0.05) is 19.6 Å². The van der Waals surface area contributed by atoms with Crippen molar-refractivity contribution in [2.45, 2.75) is 37.4 Å². The third-order valence-corrected chi connectivity index (χ3v) is 5.93. The minimum atomic E-state index is -0.968. The number of aliphatic hydroxyl groups is 1. The highest BCUT2D eigenvalue weighted by Gasteiger charge is 2.39. The Morgan fingerprint density at radius 1 is 1.10 bits per heavy atom. The molecule has 1 fully saturated rings. The van der Waals surface area contributed by atoms with E-state index in [2.05, 4.69) is 23.1 Å². The lowest BCUT2D eigenvalue weighted by Crippen LogP contribution is -2.51. The van der Waals surface area contributed by atoms with Gasteiger partial charge in [0.15, 0.2) is 0 Å². The normalized spacial score (nSPS) is 19.2. The molecule has 1 saturated heterocycles. The van der Waals surface area contributed by atoms with Crippen molar-refractivity contribution in [2.75, 3.05) is 26.2 Å². The highest BCUT2D eigenvalue weighted by Crippen LogP contribution is 2.39. The first-order valence-corrected chi connectivity index (χ1v) is 10.2. The second-order valence-electron chi connectivity index (χ2n) is 7.99. The maximum atomic E-state index is 10.9. The third-order valence-electron chi connectivity index (χ3n) is 5.93. The Hall–Kier alpha value is -2.57. The Morgan fingerprint density at radius 3 is 2.55 bits per heavy atom. The quantitative estimate of drug-likeness (QED) is 0.780. The van der Waals surface area contributed by atoms with Crippen molar-refractivity contribution in [3.8, 4) is 11.5 Å². The molecule has 0 aromatic heterocycles. The average Bonchev–Trinajstić information content (AvgIpc) is 2.74.